The van der Waals surface area contributed by atoms with Crippen molar-refractivity contribution >= 4 is 22.9 Å². The largest absolute Gasteiger partial charge is 0.394 e. The Morgan fingerprint density at radius 1 is 0.920 bits per heavy atom. The molecule has 0 spiro atoms. The Kier molecular flexibility index (Phi) is 5.11. The molecule has 3 N–H and O–H groups in total. The van der Waals surface area contributed by atoms with Crippen LogP contribution in [0.3, 0.4) is 0 Å². The van der Waals surface area contributed by atoms with E-state index in [0.717, 1.165) is 0 Å². The Labute approximate surface area is 145 Å². The molecule has 6 nitrogen and oxygen atoms in total. The van der Waals surface area contributed by atoms with Crippen LogP contribution in [-0.2, 0) is 4.74 Å². The van der Waals surface area contributed by atoms with Gasteiger partial charge in [0.2, 0.25) is 0 Å². The summed E-state index contributed by atoms with van der Waals surface area (Å²) in [6.07, 6.45) is 0. The summed E-state index contributed by atoms with van der Waals surface area (Å²) >= 11 is 0. The summed E-state index contributed by atoms with van der Waals surface area (Å²) in [6, 6.07) is 10.4. The monoisotopic (exact) mass is 340 g/mol. The van der Waals surface area contributed by atoms with Crippen molar-refractivity contribution in [2.45, 2.75) is 0 Å². The number of carbonyl (C=O) groups is 2. The summed E-state index contributed by atoms with van der Waals surface area (Å²) < 4.78 is 5.22. The molecule has 0 unspecified atom stereocenters. The van der Waals surface area contributed by atoms with E-state index in [2.05, 4.69) is 10.6 Å². The summed E-state index contributed by atoms with van der Waals surface area (Å²) in [7, 11) is 1.73. The maximum Gasteiger partial charge on any atom is 0.196 e. The van der Waals surface area contributed by atoms with Gasteiger partial charge in [-0.2, -0.15) is 0 Å². The lowest BCUT2D eigenvalue weighted by atomic mass is 9.82. The molecule has 0 bridgehead atoms. The lowest BCUT2D eigenvalue weighted by molar-refractivity contribution is 0.0978. The highest BCUT2D eigenvalue weighted by Crippen LogP contribution is 2.36. The zero-order valence-electron chi connectivity index (χ0n) is 14.0. The molecule has 0 radical (unpaired) electrons. The number of ether oxygens (including phenoxy) is 1. The minimum absolute atomic E-state index is 0.0317. The van der Waals surface area contributed by atoms with Crippen molar-refractivity contribution < 1.29 is 19.4 Å². The number of nitrogens with one attached hydrogen (secondary N) is 2. The first-order chi connectivity index (χ1) is 12.2. The lowest BCUT2D eigenvalue weighted by Gasteiger charge is -2.23. The Bertz CT molecular complexity index is 817. The third kappa shape index (κ3) is 3.14. The minimum atomic E-state index is -0.166. The summed E-state index contributed by atoms with van der Waals surface area (Å²) in [5.74, 6) is -0.323. The predicted molar refractivity (Wildman–Crippen MR) is 95.7 cm³/mol. The highest BCUT2D eigenvalue weighted by atomic mass is 16.5. The number of aliphatic hydroxyl groups excluding tert-OH is 1. The van der Waals surface area contributed by atoms with Gasteiger partial charge < -0.3 is 20.5 Å². The van der Waals surface area contributed by atoms with Crippen molar-refractivity contribution in [2.24, 2.45) is 0 Å². The molecule has 0 saturated carbocycles. The van der Waals surface area contributed by atoms with Gasteiger partial charge in [-0.25, -0.2) is 0 Å². The van der Waals surface area contributed by atoms with Crippen molar-refractivity contribution in [1.29, 1.82) is 0 Å². The Morgan fingerprint density at radius 3 is 2.12 bits per heavy atom. The van der Waals surface area contributed by atoms with Gasteiger partial charge in [-0.1, -0.05) is 24.3 Å². The maximum absolute atomic E-state index is 13.0. The van der Waals surface area contributed by atoms with Crippen molar-refractivity contribution in [1.82, 2.24) is 0 Å². The van der Waals surface area contributed by atoms with Crippen LogP contribution in [0.15, 0.2) is 36.4 Å². The number of carbonyl (C=O) groups excluding carboxylic acids is 2. The standard InChI is InChI=1S/C19H20N2O4/c1-20-14-6-7-15(21-8-10-25-11-9-22)17-16(14)18(23)12-4-2-3-5-13(12)19(17)24/h2-7,20-22H,8-11H2,1H3. The van der Waals surface area contributed by atoms with Gasteiger partial charge in [0.15, 0.2) is 11.6 Å². The lowest BCUT2D eigenvalue weighted by Crippen LogP contribution is -2.24. The van der Waals surface area contributed by atoms with E-state index in [0.29, 0.717) is 46.8 Å². The molecule has 0 atom stereocenters. The number of rotatable bonds is 7. The van der Waals surface area contributed by atoms with E-state index in [9.17, 15) is 9.59 Å². The Morgan fingerprint density at radius 2 is 1.52 bits per heavy atom. The molecule has 0 amide bonds. The molecule has 1 aliphatic rings. The van der Waals surface area contributed by atoms with Crippen molar-refractivity contribution in [3.05, 3.63) is 58.7 Å². The maximum atomic E-state index is 13.0. The summed E-state index contributed by atoms with van der Waals surface area (Å²) in [5, 5.41) is 14.9. The second-order valence-electron chi connectivity index (χ2n) is 5.63. The van der Waals surface area contributed by atoms with Crippen LogP contribution in [0.4, 0.5) is 11.4 Å². The van der Waals surface area contributed by atoms with Crippen LogP contribution in [-0.4, -0.2) is 50.1 Å². The highest BCUT2D eigenvalue weighted by molar-refractivity contribution is 6.31. The van der Waals surface area contributed by atoms with Crippen LogP contribution >= 0.6 is 0 Å². The second-order valence-corrected chi connectivity index (χ2v) is 5.63. The smallest absolute Gasteiger partial charge is 0.196 e. The number of aliphatic hydroxyl groups is 1. The molecular formula is C19H20N2O4. The first-order valence-electron chi connectivity index (χ1n) is 8.14. The van der Waals surface area contributed by atoms with E-state index in [4.69, 9.17) is 9.84 Å². The van der Waals surface area contributed by atoms with Gasteiger partial charge in [0, 0.05) is 36.1 Å². The van der Waals surface area contributed by atoms with E-state index in [1.165, 1.54) is 0 Å². The molecule has 25 heavy (non-hydrogen) atoms. The summed E-state index contributed by atoms with van der Waals surface area (Å²) in [6.45, 7) is 1.09. The van der Waals surface area contributed by atoms with Gasteiger partial charge in [-0.05, 0) is 12.1 Å². The number of fused-ring (bicyclic) bond motifs is 2. The third-order valence-corrected chi connectivity index (χ3v) is 4.14. The third-order valence-electron chi connectivity index (χ3n) is 4.14. The predicted octanol–water partition coefficient (Wildman–Crippen LogP) is 1.92. The molecule has 0 aromatic heterocycles. The van der Waals surface area contributed by atoms with Gasteiger partial charge in [0.25, 0.3) is 0 Å². The molecule has 1 aliphatic carbocycles. The Balaban J connectivity index is 1.98. The van der Waals surface area contributed by atoms with Crippen LogP contribution in [0.2, 0.25) is 0 Å². The minimum Gasteiger partial charge on any atom is -0.394 e. The molecule has 0 heterocycles. The van der Waals surface area contributed by atoms with Gasteiger partial charge in [0.1, 0.15) is 0 Å². The molecule has 2 aromatic carbocycles. The fraction of sp³-hybridized carbons (Fsp3) is 0.263. The van der Waals surface area contributed by atoms with E-state index in [-0.39, 0.29) is 24.8 Å². The van der Waals surface area contributed by atoms with Crippen LogP contribution in [0, 0.1) is 0 Å². The molecule has 0 aliphatic heterocycles. The Hall–Kier alpha value is -2.70. The van der Waals surface area contributed by atoms with Crippen molar-refractivity contribution in [2.75, 3.05) is 44.0 Å². The van der Waals surface area contributed by atoms with Gasteiger partial charge in [-0.15, -0.1) is 0 Å². The van der Waals surface area contributed by atoms with Crippen LogP contribution < -0.4 is 10.6 Å². The quantitative estimate of drug-likeness (QED) is 0.570. The number of benzene rings is 2. The van der Waals surface area contributed by atoms with Crippen LogP contribution in [0.25, 0.3) is 0 Å². The first kappa shape index (κ1) is 17.1. The number of ketones is 2. The summed E-state index contributed by atoms with van der Waals surface area (Å²) in [4.78, 5) is 25.9. The molecule has 2 aromatic rings. The molecule has 0 fully saturated rings. The molecule has 130 valence electrons. The number of hydrogen-bond acceptors (Lipinski definition) is 6. The van der Waals surface area contributed by atoms with E-state index in [1.807, 2.05) is 0 Å². The normalized spacial score (nSPS) is 12.6. The molecule has 3 rings (SSSR count). The van der Waals surface area contributed by atoms with Crippen LogP contribution in [0.1, 0.15) is 31.8 Å². The summed E-state index contributed by atoms with van der Waals surface area (Å²) in [5.41, 5.74) is 2.87. The highest BCUT2D eigenvalue weighted by Gasteiger charge is 2.33. The van der Waals surface area contributed by atoms with Gasteiger partial charge in [0.05, 0.1) is 30.9 Å². The number of anilines is 2. The topological polar surface area (TPSA) is 87.7 Å². The average Bonchev–Trinajstić information content (AvgIpc) is 2.65. The second kappa shape index (κ2) is 7.46. The van der Waals surface area contributed by atoms with Crippen molar-refractivity contribution in [3.63, 3.8) is 0 Å². The fourth-order valence-corrected chi connectivity index (χ4v) is 3.00. The zero-order valence-corrected chi connectivity index (χ0v) is 14.0. The first-order valence-corrected chi connectivity index (χ1v) is 8.14. The fourth-order valence-electron chi connectivity index (χ4n) is 3.00. The SMILES string of the molecule is CNc1ccc(NCCOCCO)c2c1C(=O)c1ccccc1C2=O. The van der Waals surface area contributed by atoms with Crippen molar-refractivity contribution in [3.8, 4) is 0 Å². The van der Waals surface area contributed by atoms with Gasteiger partial charge >= 0.3 is 0 Å². The molecular weight excluding hydrogens is 320 g/mol. The van der Waals surface area contributed by atoms with E-state index in [1.54, 1.807) is 43.4 Å². The van der Waals surface area contributed by atoms with Gasteiger partial charge in [-0.3, -0.25) is 9.59 Å². The average molecular weight is 340 g/mol. The molecule has 6 heteroatoms. The molecule has 0 saturated heterocycles. The number of hydrogen-bond donors (Lipinski definition) is 3. The zero-order chi connectivity index (χ0) is 17.8. The van der Waals surface area contributed by atoms with E-state index < -0.39 is 0 Å². The van der Waals surface area contributed by atoms with E-state index >= 15 is 0 Å². The van der Waals surface area contributed by atoms with Crippen LogP contribution in [0.5, 0.6) is 0 Å².